The van der Waals surface area contributed by atoms with E-state index in [1.807, 2.05) is 0 Å². The molecule has 5 heteroatoms. The molecule has 0 rings (SSSR count). The van der Waals surface area contributed by atoms with Gasteiger partial charge in [-0.3, -0.25) is 4.52 Å². The number of rotatable bonds is 29. The summed E-state index contributed by atoms with van der Waals surface area (Å²) >= 11 is 0. The molecule has 0 spiro atoms. The third-order valence-electron chi connectivity index (χ3n) is 7.19. The van der Waals surface area contributed by atoms with Crippen LogP contribution >= 0.6 is 7.75 Å². The number of hydrogen-bond donors (Lipinski definition) is 1. The smallest absolute Gasteiger partial charge is 0.312 e. The van der Waals surface area contributed by atoms with E-state index < -0.39 is 7.75 Å². The van der Waals surface area contributed by atoms with Gasteiger partial charge in [-0.1, -0.05) is 155 Å². The summed E-state index contributed by atoms with van der Waals surface area (Å²) in [4.78, 5) is 10.4. The first kappa shape index (κ1) is 35.1. The fraction of sp³-hybridized carbons (Fsp3) is 1.00. The molecule has 0 radical (unpaired) electrons. The van der Waals surface area contributed by atoms with E-state index in [9.17, 15) is 9.46 Å². The van der Waals surface area contributed by atoms with Crippen molar-refractivity contribution in [3.8, 4) is 0 Å². The van der Waals surface area contributed by atoms with E-state index in [-0.39, 0.29) is 0 Å². The van der Waals surface area contributed by atoms with E-state index in [0.717, 1.165) is 25.7 Å². The van der Waals surface area contributed by atoms with Crippen LogP contribution in [0.3, 0.4) is 0 Å². The van der Waals surface area contributed by atoms with Crippen molar-refractivity contribution < 1.29 is 14.0 Å². The first-order valence-corrected chi connectivity index (χ1v) is 17.3. The molecule has 1 atom stereocenters. The molecule has 0 aromatic carbocycles. The van der Waals surface area contributed by atoms with Crippen LogP contribution in [-0.2, 0) is 9.09 Å². The number of unbranched alkanes of at least 4 members (excludes halogenated alkanes) is 22. The summed E-state index contributed by atoms with van der Waals surface area (Å²) in [7, 11) is -3.63. The van der Waals surface area contributed by atoms with Gasteiger partial charge in [0.25, 0.3) is 0 Å². The van der Waals surface area contributed by atoms with Gasteiger partial charge in [-0.25, -0.2) is 9.24 Å². The van der Waals surface area contributed by atoms with Gasteiger partial charge in [0.05, 0.1) is 6.61 Å². The van der Waals surface area contributed by atoms with Crippen LogP contribution < -0.4 is 0 Å². The van der Waals surface area contributed by atoms with E-state index in [2.05, 4.69) is 13.8 Å². The molecule has 1 unspecified atom stereocenters. The highest BCUT2D eigenvalue weighted by atomic mass is 31.2. The Morgan fingerprint density at radius 3 is 1.00 bits per heavy atom. The Labute approximate surface area is 221 Å². The third kappa shape index (κ3) is 24.2. The molecular weight excluding hydrogens is 453 g/mol. The van der Waals surface area contributed by atoms with Gasteiger partial charge in [0, 0.05) is 13.1 Å². The zero-order valence-corrected chi connectivity index (χ0v) is 25.1. The highest BCUT2D eigenvalue weighted by Crippen LogP contribution is 2.46. The van der Waals surface area contributed by atoms with Crippen LogP contribution in [-0.4, -0.2) is 29.3 Å². The van der Waals surface area contributed by atoms with Crippen molar-refractivity contribution in [3.63, 3.8) is 0 Å². The van der Waals surface area contributed by atoms with E-state index in [1.165, 1.54) is 128 Å². The van der Waals surface area contributed by atoms with E-state index in [1.54, 1.807) is 11.6 Å². The quantitative estimate of drug-likeness (QED) is 0.0791. The molecule has 1 N–H and O–H groups in total. The maximum absolute atomic E-state index is 12.6. The average Bonchev–Trinajstić information content (AvgIpc) is 2.83. The van der Waals surface area contributed by atoms with Crippen LogP contribution in [0.15, 0.2) is 0 Å². The highest BCUT2D eigenvalue weighted by molar-refractivity contribution is 7.50. The lowest BCUT2D eigenvalue weighted by molar-refractivity contribution is 0.206. The molecule has 0 aromatic heterocycles. The zero-order valence-electron chi connectivity index (χ0n) is 24.3. The second-order valence-electron chi connectivity index (χ2n) is 10.6. The fourth-order valence-electron chi connectivity index (χ4n) is 4.88. The fourth-order valence-corrected chi connectivity index (χ4v) is 6.17. The minimum Gasteiger partial charge on any atom is -0.312 e. The van der Waals surface area contributed by atoms with Gasteiger partial charge >= 0.3 is 7.75 Å². The van der Waals surface area contributed by atoms with E-state index in [4.69, 9.17) is 4.52 Å². The summed E-state index contributed by atoms with van der Waals surface area (Å²) in [5.74, 6) is 0. The van der Waals surface area contributed by atoms with E-state index >= 15 is 0 Å². The van der Waals surface area contributed by atoms with Crippen LogP contribution in [0.2, 0.25) is 0 Å². The molecule has 0 saturated carbocycles. The number of nitrogens with zero attached hydrogens (tertiary/aromatic N) is 1. The summed E-state index contributed by atoms with van der Waals surface area (Å²) in [6, 6.07) is 0. The van der Waals surface area contributed by atoms with Crippen LogP contribution in [0.4, 0.5) is 0 Å². The molecule has 0 aliphatic heterocycles. The molecule has 0 aliphatic rings. The number of hydrogen-bond acceptors (Lipinski definition) is 2. The second-order valence-corrected chi connectivity index (χ2v) is 12.4. The summed E-state index contributed by atoms with van der Waals surface area (Å²) in [6.45, 7) is 8.01. The third-order valence-corrected chi connectivity index (χ3v) is 8.90. The largest absolute Gasteiger partial charge is 0.405 e. The van der Waals surface area contributed by atoms with Crippen molar-refractivity contribution in [2.24, 2.45) is 0 Å². The summed E-state index contributed by atoms with van der Waals surface area (Å²) in [5.41, 5.74) is 0. The lowest BCUT2D eigenvalue weighted by atomic mass is 10.1. The molecule has 212 valence electrons. The van der Waals surface area contributed by atoms with Gasteiger partial charge < -0.3 is 4.89 Å². The van der Waals surface area contributed by atoms with Crippen LogP contribution in [0.5, 0.6) is 0 Å². The predicted octanol–water partition coefficient (Wildman–Crippen LogP) is 10.8. The van der Waals surface area contributed by atoms with Crippen LogP contribution in [0.25, 0.3) is 0 Å². The summed E-state index contributed by atoms with van der Waals surface area (Å²) < 4.78 is 19.6. The minimum absolute atomic E-state index is 0.293. The van der Waals surface area contributed by atoms with E-state index in [0.29, 0.717) is 19.7 Å². The topological polar surface area (TPSA) is 49.8 Å². The standard InChI is InChI=1S/C30H64NO3P/c1-4-7-9-11-13-15-17-19-21-23-25-27-29-31(35(32,33)34-6-3)30-28-26-24-22-20-18-16-14-12-10-8-5-2/h4-30H2,1-3H3,(H,32,33). The van der Waals surface area contributed by atoms with Crippen LogP contribution in [0.1, 0.15) is 175 Å². The first-order valence-electron chi connectivity index (χ1n) is 15.8. The molecule has 0 amide bonds. The molecule has 0 fully saturated rings. The molecule has 0 aromatic rings. The molecule has 0 saturated heterocycles. The van der Waals surface area contributed by atoms with Crippen molar-refractivity contribution in [2.75, 3.05) is 19.7 Å². The maximum Gasteiger partial charge on any atom is 0.405 e. The summed E-state index contributed by atoms with van der Waals surface area (Å²) in [6.07, 6.45) is 31.4. The Bertz CT molecular complexity index is 433. The van der Waals surface area contributed by atoms with Gasteiger partial charge in [0.2, 0.25) is 0 Å². The van der Waals surface area contributed by atoms with Crippen molar-refractivity contribution in [3.05, 3.63) is 0 Å². The van der Waals surface area contributed by atoms with Crippen molar-refractivity contribution in [2.45, 2.75) is 175 Å². The molecule has 4 nitrogen and oxygen atoms in total. The van der Waals surface area contributed by atoms with Gasteiger partial charge in [-0.05, 0) is 19.8 Å². The molecular formula is C30H64NO3P. The minimum atomic E-state index is -3.63. The predicted molar refractivity (Wildman–Crippen MR) is 155 cm³/mol. The van der Waals surface area contributed by atoms with Crippen molar-refractivity contribution in [1.82, 2.24) is 4.67 Å². The van der Waals surface area contributed by atoms with Crippen LogP contribution in [0, 0.1) is 0 Å². The van der Waals surface area contributed by atoms with Crippen molar-refractivity contribution >= 4 is 7.75 Å². The Morgan fingerprint density at radius 2 is 0.743 bits per heavy atom. The van der Waals surface area contributed by atoms with Gasteiger partial charge in [0.15, 0.2) is 0 Å². The lowest BCUT2D eigenvalue weighted by Gasteiger charge is -2.26. The molecule has 35 heavy (non-hydrogen) atoms. The second kappa shape index (κ2) is 27.2. The monoisotopic (exact) mass is 517 g/mol. The first-order chi connectivity index (χ1) is 17.1. The summed E-state index contributed by atoms with van der Waals surface area (Å²) in [5, 5.41) is 0. The average molecular weight is 518 g/mol. The highest BCUT2D eigenvalue weighted by Gasteiger charge is 2.28. The van der Waals surface area contributed by atoms with Gasteiger partial charge in [-0.15, -0.1) is 0 Å². The zero-order chi connectivity index (χ0) is 25.9. The Balaban J connectivity index is 3.81. The Morgan fingerprint density at radius 1 is 0.486 bits per heavy atom. The van der Waals surface area contributed by atoms with Gasteiger partial charge in [-0.2, -0.15) is 0 Å². The maximum atomic E-state index is 12.6. The molecule has 0 bridgehead atoms. The molecule has 0 heterocycles. The SMILES string of the molecule is CCCCCCCCCCCCCCN(CCCCCCCCCCCCCC)P(=O)(O)OCC. The molecule has 0 aliphatic carbocycles. The van der Waals surface area contributed by atoms with Gasteiger partial charge in [0.1, 0.15) is 0 Å². The Hall–Kier alpha value is 0.110. The normalized spacial score (nSPS) is 13.5. The lowest BCUT2D eigenvalue weighted by Crippen LogP contribution is -2.24. The Kier molecular flexibility index (Phi) is 27.2. The van der Waals surface area contributed by atoms with Crippen molar-refractivity contribution in [1.29, 1.82) is 0 Å².